The molecule has 0 unspecified atom stereocenters. The van der Waals surface area contributed by atoms with E-state index in [-0.39, 0.29) is 17.9 Å². The minimum Gasteiger partial charge on any atom is -0.490 e. The van der Waals surface area contributed by atoms with Crippen LogP contribution in [0, 0.1) is 5.92 Å². The summed E-state index contributed by atoms with van der Waals surface area (Å²) < 4.78 is 11.9. The van der Waals surface area contributed by atoms with Crippen LogP contribution in [0.15, 0.2) is 23.5 Å². The van der Waals surface area contributed by atoms with E-state index in [1.165, 1.54) is 28.8 Å². The molecule has 0 radical (unpaired) electrons. The van der Waals surface area contributed by atoms with E-state index in [0.717, 1.165) is 71.9 Å². The predicted octanol–water partition coefficient (Wildman–Crippen LogP) is 4.19. The van der Waals surface area contributed by atoms with Crippen LogP contribution in [0.3, 0.4) is 0 Å². The number of ether oxygens (including phenoxy) is 2. The number of aryl methyl sites for hydroxylation is 1. The first-order chi connectivity index (χ1) is 19.6. The molecule has 5 heterocycles. The first kappa shape index (κ1) is 25.9. The van der Waals surface area contributed by atoms with Crippen LogP contribution in [0.5, 0.6) is 5.75 Å². The van der Waals surface area contributed by atoms with Crippen LogP contribution in [0.4, 0.5) is 11.5 Å². The molecule has 0 spiro atoms. The smallest absolute Gasteiger partial charge is 0.226 e. The Morgan fingerprint density at radius 2 is 2.12 bits per heavy atom. The van der Waals surface area contributed by atoms with Gasteiger partial charge in [-0.25, -0.2) is 9.97 Å². The highest BCUT2D eigenvalue weighted by molar-refractivity contribution is 7.19. The van der Waals surface area contributed by atoms with Gasteiger partial charge in [-0.3, -0.25) is 14.7 Å². The van der Waals surface area contributed by atoms with Gasteiger partial charge in [-0.15, -0.1) is 11.3 Å². The van der Waals surface area contributed by atoms with Crippen LogP contribution in [-0.4, -0.2) is 83.9 Å². The molecule has 2 saturated heterocycles. The van der Waals surface area contributed by atoms with Gasteiger partial charge in [0.05, 0.1) is 36.9 Å². The normalized spacial score (nSPS) is 22.5. The van der Waals surface area contributed by atoms with Crippen molar-refractivity contribution in [1.29, 1.82) is 0 Å². The zero-order chi connectivity index (χ0) is 27.1. The van der Waals surface area contributed by atoms with E-state index < -0.39 is 0 Å². The summed E-state index contributed by atoms with van der Waals surface area (Å²) in [7, 11) is 0. The van der Waals surface area contributed by atoms with E-state index in [9.17, 15) is 4.79 Å². The molecule has 40 heavy (non-hydrogen) atoms. The maximum atomic E-state index is 13.4. The van der Waals surface area contributed by atoms with E-state index >= 15 is 0 Å². The van der Waals surface area contributed by atoms with Gasteiger partial charge in [-0.05, 0) is 80.9 Å². The summed E-state index contributed by atoms with van der Waals surface area (Å²) in [5.74, 6) is 1.91. The first-order valence-corrected chi connectivity index (χ1v) is 15.4. The fraction of sp³-hybridized carbons (Fsp3) is 0.533. The van der Waals surface area contributed by atoms with Crippen molar-refractivity contribution in [1.82, 2.24) is 19.8 Å². The number of hydrogen-bond acceptors (Lipinski definition) is 9. The zero-order valence-corrected chi connectivity index (χ0v) is 23.8. The Bertz CT molecular complexity index is 1450. The molecule has 0 bridgehead atoms. The highest BCUT2D eigenvalue weighted by Gasteiger charge is 2.34. The molecule has 10 heteroatoms. The minimum absolute atomic E-state index is 0.0112. The van der Waals surface area contributed by atoms with Crippen molar-refractivity contribution in [2.75, 3.05) is 51.3 Å². The molecule has 1 aliphatic carbocycles. The molecule has 3 aliphatic heterocycles. The molecule has 3 aromatic rings. The number of nitrogens with zero attached hydrogens (tertiary/aromatic N) is 5. The van der Waals surface area contributed by atoms with Gasteiger partial charge in [0, 0.05) is 30.1 Å². The summed E-state index contributed by atoms with van der Waals surface area (Å²) in [6.07, 6.45) is 8.58. The third-order valence-corrected chi connectivity index (χ3v) is 9.86. The lowest BCUT2D eigenvalue weighted by Crippen LogP contribution is -2.50. The topological polar surface area (TPSA) is 92.2 Å². The third-order valence-electron chi connectivity index (χ3n) is 8.70. The van der Waals surface area contributed by atoms with Gasteiger partial charge in [-0.1, -0.05) is 0 Å². The molecule has 1 amide bonds. The second kappa shape index (κ2) is 11.1. The quantitative estimate of drug-likeness (QED) is 0.463. The number of hydrogen-bond donors (Lipinski definition) is 1. The van der Waals surface area contributed by atoms with E-state index in [1.807, 2.05) is 11.1 Å². The standard InChI is InChI=1S/C30H36N6O3S/c1-19-17-38-10-9-36(19)30(37)20-4-5-23-26(14-20)40-29-27(23)28(32-18-33-29)34-24-12-21-15-31-16-22(21)13-25(24)39-11-8-35-6-2-3-7-35/h12-13,15,18-20H,2-11,14,16-17H2,1H3,(H,32,33,34)/t19-,20-/m0/s1. The first-order valence-electron chi connectivity index (χ1n) is 14.6. The molecule has 1 N–H and O–H groups in total. The van der Waals surface area contributed by atoms with Gasteiger partial charge in [0.2, 0.25) is 5.91 Å². The fourth-order valence-electron chi connectivity index (χ4n) is 6.48. The largest absolute Gasteiger partial charge is 0.490 e. The van der Waals surface area contributed by atoms with Crippen LogP contribution in [-0.2, 0) is 28.9 Å². The number of nitrogens with one attached hydrogen (secondary N) is 1. The van der Waals surface area contributed by atoms with Gasteiger partial charge in [0.1, 0.15) is 29.3 Å². The van der Waals surface area contributed by atoms with Crippen molar-refractivity contribution in [3.05, 3.63) is 40.0 Å². The monoisotopic (exact) mass is 560 g/mol. The van der Waals surface area contributed by atoms with Crippen LogP contribution >= 0.6 is 11.3 Å². The molecule has 9 nitrogen and oxygen atoms in total. The van der Waals surface area contributed by atoms with Gasteiger partial charge < -0.3 is 19.7 Å². The summed E-state index contributed by atoms with van der Waals surface area (Å²) in [5, 5.41) is 4.69. The summed E-state index contributed by atoms with van der Waals surface area (Å²) in [5.41, 5.74) is 4.48. The molecular weight excluding hydrogens is 524 g/mol. The second-order valence-electron chi connectivity index (χ2n) is 11.3. The number of benzene rings is 1. The van der Waals surface area contributed by atoms with Gasteiger partial charge in [-0.2, -0.15) is 0 Å². The van der Waals surface area contributed by atoms with E-state index in [1.54, 1.807) is 17.7 Å². The number of anilines is 2. The number of carbonyl (C=O) groups is 1. The molecule has 0 saturated carbocycles. The van der Waals surface area contributed by atoms with Crippen LogP contribution in [0.25, 0.3) is 10.2 Å². The molecular formula is C30H36N6O3S. The lowest BCUT2D eigenvalue weighted by atomic mass is 9.86. The number of fused-ring (bicyclic) bond motifs is 4. The predicted molar refractivity (Wildman–Crippen MR) is 157 cm³/mol. The number of rotatable bonds is 7. The van der Waals surface area contributed by atoms with Crippen molar-refractivity contribution in [2.24, 2.45) is 10.9 Å². The Morgan fingerprint density at radius 3 is 3.00 bits per heavy atom. The van der Waals surface area contributed by atoms with Crippen LogP contribution < -0.4 is 10.1 Å². The number of aliphatic imine (C=N–C) groups is 1. The molecule has 7 rings (SSSR count). The molecule has 210 valence electrons. The number of thiophene rings is 1. The van der Waals surface area contributed by atoms with Gasteiger partial charge in [0.15, 0.2) is 0 Å². The molecule has 2 fully saturated rings. The Morgan fingerprint density at radius 1 is 1.23 bits per heavy atom. The lowest BCUT2D eigenvalue weighted by Gasteiger charge is -2.36. The number of carbonyl (C=O) groups excluding carboxylic acids is 1. The average molecular weight is 561 g/mol. The zero-order valence-electron chi connectivity index (χ0n) is 23.0. The number of morpholine rings is 1. The summed E-state index contributed by atoms with van der Waals surface area (Å²) >= 11 is 1.70. The SMILES string of the molecule is C[C@H]1COCCN1C(=O)[C@H]1CCc2c(sc3ncnc(Nc4cc5c(cc4OCCN4CCCC4)CN=C5)c23)C1. The van der Waals surface area contributed by atoms with Crippen LogP contribution in [0.2, 0.25) is 0 Å². The van der Waals surface area contributed by atoms with Crippen molar-refractivity contribution in [3.8, 4) is 5.75 Å². The maximum absolute atomic E-state index is 13.4. The van der Waals surface area contributed by atoms with Crippen LogP contribution in [0.1, 0.15) is 47.8 Å². The summed E-state index contributed by atoms with van der Waals surface area (Å²) in [6.45, 7) is 8.60. The molecule has 4 aliphatic rings. The highest BCUT2D eigenvalue weighted by atomic mass is 32.1. The van der Waals surface area contributed by atoms with Gasteiger partial charge in [0.25, 0.3) is 0 Å². The maximum Gasteiger partial charge on any atom is 0.226 e. The van der Waals surface area contributed by atoms with Crippen molar-refractivity contribution < 1.29 is 14.3 Å². The van der Waals surface area contributed by atoms with Crippen molar-refractivity contribution >= 4 is 45.2 Å². The Balaban J connectivity index is 1.14. The minimum atomic E-state index is 0.0112. The van der Waals surface area contributed by atoms with E-state index in [4.69, 9.17) is 14.5 Å². The summed E-state index contributed by atoms with van der Waals surface area (Å²) in [4.78, 5) is 33.9. The molecule has 2 aromatic heterocycles. The Kier molecular flexibility index (Phi) is 7.15. The van der Waals surface area contributed by atoms with E-state index in [2.05, 4.69) is 39.2 Å². The van der Waals surface area contributed by atoms with Crippen molar-refractivity contribution in [3.63, 3.8) is 0 Å². The number of likely N-dealkylation sites (tertiary alicyclic amines) is 1. The Hall–Kier alpha value is -3.08. The second-order valence-corrected chi connectivity index (χ2v) is 12.4. The molecule has 1 aromatic carbocycles. The highest BCUT2D eigenvalue weighted by Crippen LogP contribution is 2.42. The Labute approximate surface area is 238 Å². The number of aromatic nitrogens is 2. The lowest BCUT2D eigenvalue weighted by molar-refractivity contribution is -0.143. The van der Waals surface area contributed by atoms with Gasteiger partial charge >= 0.3 is 0 Å². The fourth-order valence-corrected chi connectivity index (χ4v) is 7.75. The third kappa shape index (κ3) is 4.97. The average Bonchev–Trinajstić information content (AvgIpc) is 3.73. The number of amides is 1. The molecule has 2 atom stereocenters. The summed E-state index contributed by atoms with van der Waals surface area (Å²) in [6, 6.07) is 4.39. The van der Waals surface area contributed by atoms with Crippen molar-refractivity contribution in [2.45, 2.75) is 51.6 Å². The van der Waals surface area contributed by atoms with E-state index in [0.29, 0.717) is 32.9 Å².